The van der Waals surface area contributed by atoms with Gasteiger partial charge in [0.2, 0.25) is 5.91 Å². The Morgan fingerprint density at radius 1 is 1.10 bits per heavy atom. The second-order valence-corrected chi connectivity index (χ2v) is 7.46. The molecule has 6 nitrogen and oxygen atoms in total. The predicted molar refractivity (Wildman–Crippen MR) is 114 cm³/mol. The van der Waals surface area contributed by atoms with Crippen molar-refractivity contribution in [1.29, 1.82) is 0 Å². The van der Waals surface area contributed by atoms with Crippen molar-refractivity contribution in [3.8, 4) is 5.75 Å². The smallest absolute Gasteiger partial charge is 0.256 e. The van der Waals surface area contributed by atoms with E-state index in [1.54, 1.807) is 54.2 Å². The monoisotopic (exact) mass is 405 g/mol. The lowest BCUT2D eigenvalue weighted by molar-refractivity contribution is -0.115. The molecule has 0 bridgehead atoms. The Balaban J connectivity index is 1.56. The molecule has 3 aromatic rings. The van der Waals surface area contributed by atoms with Crippen LogP contribution in [0.2, 0.25) is 0 Å². The minimum absolute atomic E-state index is 0.0291. The lowest BCUT2D eigenvalue weighted by atomic mass is 10.1. The Kier molecular flexibility index (Phi) is 5.48. The standard InChI is InChI=1S/C22H19N3O3S/c1-28-18-7-3-2-6-17(18)25-20(26)14-29-22(25)16-11-9-15(10-12-16)21(27)24-19-8-4-5-13-23-19/h2-13,22H,14H2,1H3,(H,23,24,27). The molecule has 0 saturated carbocycles. The van der Waals surface area contributed by atoms with Crippen molar-refractivity contribution in [3.05, 3.63) is 84.1 Å². The van der Waals surface area contributed by atoms with Crippen LogP contribution in [-0.2, 0) is 4.79 Å². The number of nitrogens with one attached hydrogen (secondary N) is 1. The minimum atomic E-state index is -0.230. The predicted octanol–water partition coefficient (Wildman–Crippen LogP) is 4.12. The molecule has 29 heavy (non-hydrogen) atoms. The van der Waals surface area contributed by atoms with Gasteiger partial charge in [0.25, 0.3) is 5.91 Å². The summed E-state index contributed by atoms with van der Waals surface area (Å²) < 4.78 is 5.44. The summed E-state index contributed by atoms with van der Waals surface area (Å²) in [5.74, 6) is 1.35. The second-order valence-electron chi connectivity index (χ2n) is 6.39. The van der Waals surface area contributed by atoms with Crippen molar-refractivity contribution in [3.63, 3.8) is 0 Å². The molecule has 0 aliphatic carbocycles. The van der Waals surface area contributed by atoms with Gasteiger partial charge in [-0.25, -0.2) is 4.98 Å². The number of amides is 2. The molecule has 2 heterocycles. The van der Waals surface area contributed by atoms with Crippen LogP contribution < -0.4 is 15.0 Å². The van der Waals surface area contributed by atoms with E-state index in [4.69, 9.17) is 4.74 Å². The fraction of sp³-hybridized carbons (Fsp3) is 0.136. The fourth-order valence-corrected chi connectivity index (χ4v) is 4.35. The summed E-state index contributed by atoms with van der Waals surface area (Å²) >= 11 is 1.55. The summed E-state index contributed by atoms with van der Waals surface area (Å²) in [4.78, 5) is 30.9. The van der Waals surface area contributed by atoms with Gasteiger partial charge in [-0.15, -0.1) is 11.8 Å². The molecule has 1 aromatic heterocycles. The number of aromatic nitrogens is 1. The number of carbonyl (C=O) groups excluding carboxylic acids is 2. The second kappa shape index (κ2) is 8.36. The van der Waals surface area contributed by atoms with E-state index < -0.39 is 0 Å². The van der Waals surface area contributed by atoms with E-state index in [2.05, 4.69) is 10.3 Å². The van der Waals surface area contributed by atoms with E-state index in [-0.39, 0.29) is 17.2 Å². The number of nitrogens with zero attached hydrogens (tertiary/aromatic N) is 2. The van der Waals surface area contributed by atoms with Crippen LogP contribution >= 0.6 is 11.8 Å². The average molecular weight is 405 g/mol. The van der Waals surface area contributed by atoms with Gasteiger partial charge in [-0.1, -0.05) is 30.3 Å². The maximum Gasteiger partial charge on any atom is 0.256 e. The zero-order valence-electron chi connectivity index (χ0n) is 15.7. The maximum absolute atomic E-state index is 12.6. The lowest BCUT2D eigenvalue weighted by Crippen LogP contribution is -2.28. The lowest BCUT2D eigenvalue weighted by Gasteiger charge is -2.26. The highest BCUT2D eigenvalue weighted by atomic mass is 32.2. The van der Waals surface area contributed by atoms with Crippen molar-refractivity contribution in [1.82, 2.24) is 4.98 Å². The molecule has 1 atom stereocenters. The normalized spacial score (nSPS) is 16.0. The van der Waals surface area contributed by atoms with Gasteiger partial charge in [0.1, 0.15) is 16.9 Å². The fourth-order valence-electron chi connectivity index (χ4n) is 3.18. The molecule has 1 N–H and O–H groups in total. The third kappa shape index (κ3) is 3.95. The Labute approximate surface area is 172 Å². The van der Waals surface area contributed by atoms with Gasteiger partial charge in [-0.3, -0.25) is 14.5 Å². The van der Waals surface area contributed by atoms with Gasteiger partial charge in [0, 0.05) is 11.8 Å². The quantitative estimate of drug-likeness (QED) is 0.691. The first-order valence-corrected chi connectivity index (χ1v) is 10.1. The number of hydrogen-bond donors (Lipinski definition) is 1. The highest BCUT2D eigenvalue weighted by Gasteiger charge is 2.35. The molecule has 1 unspecified atom stereocenters. The Morgan fingerprint density at radius 3 is 2.59 bits per heavy atom. The van der Waals surface area contributed by atoms with Crippen molar-refractivity contribution in [2.24, 2.45) is 0 Å². The Morgan fingerprint density at radius 2 is 1.86 bits per heavy atom. The number of rotatable bonds is 5. The van der Waals surface area contributed by atoms with E-state index >= 15 is 0 Å². The van der Waals surface area contributed by atoms with E-state index in [1.165, 1.54) is 0 Å². The molecule has 146 valence electrons. The van der Waals surface area contributed by atoms with Gasteiger partial charge in [-0.2, -0.15) is 0 Å². The van der Waals surface area contributed by atoms with Crippen molar-refractivity contribution in [2.45, 2.75) is 5.37 Å². The molecular formula is C22H19N3O3S. The van der Waals surface area contributed by atoms with Crippen LogP contribution in [0.1, 0.15) is 21.3 Å². The minimum Gasteiger partial charge on any atom is -0.495 e. The molecule has 4 rings (SSSR count). The summed E-state index contributed by atoms with van der Waals surface area (Å²) in [6.45, 7) is 0. The molecule has 2 amide bonds. The summed E-state index contributed by atoms with van der Waals surface area (Å²) in [5.41, 5.74) is 2.21. The number of ether oxygens (including phenoxy) is 1. The first kappa shape index (κ1) is 19.0. The van der Waals surface area contributed by atoms with Crippen molar-refractivity contribution < 1.29 is 14.3 Å². The molecule has 0 radical (unpaired) electrons. The van der Waals surface area contributed by atoms with E-state index in [9.17, 15) is 9.59 Å². The van der Waals surface area contributed by atoms with Crippen LogP contribution in [0.3, 0.4) is 0 Å². The third-order valence-corrected chi connectivity index (χ3v) is 5.79. The summed E-state index contributed by atoms with van der Waals surface area (Å²) in [5, 5.41) is 2.59. The van der Waals surface area contributed by atoms with Crippen molar-refractivity contribution in [2.75, 3.05) is 23.1 Å². The van der Waals surface area contributed by atoms with Crippen LogP contribution in [0.5, 0.6) is 5.75 Å². The third-order valence-electron chi connectivity index (χ3n) is 4.58. The molecule has 7 heteroatoms. The van der Waals surface area contributed by atoms with Gasteiger partial charge in [-0.05, 0) is 42.0 Å². The molecule has 1 aliphatic heterocycles. The number of para-hydroxylation sites is 2. The molecule has 2 aromatic carbocycles. The van der Waals surface area contributed by atoms with Gasteiger partial charge >= 0.3 is 0 Å². The van der Waals surface area contributed by atoms with Gasteiger partial charge < -0.3 is 10.1 Å². The summed E-state index contributed by atoms with van der Waals surface area (Å²) in [6, 6.07) is 20.1. The zero-order chi connectivity index (χ0) is 20.2. The van der Waals surface area contributed by atoms with Crippen LogP contribution in [-0.4, -0.2) is 29.7 Å². The van der Waals surface area contributed by atoms with Crippen LogP contribution in [0, 0.1) is 0 Å². The van der Waals surface area contributed by atoms with Crippen LogP contribution in [0.15, 0.2) is 72.9 Å². The number of thioether (sulfide) groups is 1. The summed E-state index contributed by atoms with van der Waals surface area (Å²) in [7, 11) is 1.59. The largest absolute Gasteiger partial charge is 0.495 e. The summed E-state index contributed by atoms with van der Waals surface area (Å²) in [6.07, 6.45) is 1.62. The zero-order valence-corrected chi connectivity index (χ0v) is 16.6. The van der Waals surface area contributed by atoms with Gasteiger partial charge in [0.05, 0.1) is 18.6 Å². The van der Waals surface area contributed by atoms with E-state index in [0.29, 0.717) is 22.9 Å². The van der Waals surface area contributed by atoms with E-state index in [1.807, 2.05) is 42.5 Å². The number of hydrogen-bond acceptors (Lipinski definition) is 5. The molecule has 1 aliphatic rings. The Hall–Kier alpha value is -3.32. The van der Waals surface area contributed by atoms with Crippen LogP contribution in [0.25, 0.3) is 0 Å². The molecule has 1 fully saturated rings. The number of carbonyl (C=O) groups is 2. The maximum atomic E-state index is 12.6. The number of pyridine rings is 1. The Bertz CT molecular complexity index is 1020. The topological polar surface area (TPSA) is 71.5 Å². The van der Waals surface area contributed by atoms with Crippen LogP contribution in [0.4, 0.5) is 11.5 Å². The van der Waals surface area contributed by atoms with Crippen molar-refractivity contribution >= 4 is 35.1 Å². The number of anilines is 2. The number of methoxy groups -OCH3 is 1. The highest BCUT2D eigenvalue weighted by molar-refractivity contribution is 8.00. The SMILES string of the molecule is COc1ccccc1N1C(=O)CSC1c1ccc(C(=O)Nc2ccccn2)cc1. The molecular weight excluding hydrogens is 386 g/mol. The average Bonchev–Trinajstić information content (AvgIpc) is 3.15. The first-order chi connectivity index (χ1) is 14.2. The van der Waals surface area contributed by atoms with E-state index in [0.717, 1.165) is 11.3 Å². The van der Waals surface area contributed by atoms with Gasteiger partial charge in [0.15, 0.2) is 0 Å². The first-order valence-electron chi connectivity index (χ1n) is 9.06. The molecule has 0 spiro atoms. The number of benzene rings is 2. The highest BCUT2D eigenvalue weighted by Crippen LogP contribution is 2.44. The molecule has 1 saturated heterocycles.